The predicted octanol–water partition coefficient (Wildman–Crippen LogP) is 5.87. The van der Waals surface area contributed by atoms with Gasteiger partial charge in [-0.15, -0.1) is 0 Å². The molecular formula is C29H46O7. The maximum Gasteiger partial charge on any atom is 0.345 e. The molecule has 0 aliphatic rings. The molecule has 7 nitrogen and oxygen atoms in total. The van der Waals surface area contributed by atoms with Crippen molar-refractivity contribution in [2.45, 2.75) is 91.1 Å². The molecule has 0 spiro atoms. The number of unbranched alkanes of at least 4 members (excludes halogenated alkanes) is 9. The average Bonchev–Trinajstić information content (AvgIpc) is 2.87. The molecule has 1 atom stereocenters. The number of rotatable bonds is 21. The Kier molecular flexibility index (Phi) is 18.3. The lowest BCUT2D eigenvalue weighted by Gasteiger charge is -2.13. The van der Waals surface area contributed by atoms with Gasteiger partial charge in [0, 0.05) is 6.61 Å². The third-order valence-electron chi connectivity index (χ3n) is 5.58. The Bertz CT molecular complexity index is 722. The Hall–Kier alpha value is -2.38. The highest BCUT2D eigenvalue weighted by atomic mass is 16.6. The molecule has 0 fully saturated rings. The number of ether oxygens (including phenoxy) is 4. The summed E-state index contributed by atoms with van der Waals surface area (Å²) in [5.41, 5.74) is 0.459. The number of esters is 2. The van der Waals surface area contributed by atoms with Crippen LogP contribution in [0.4, 0.5) is 0 Å². The van der Waals surface area contributed by atoms with E-state index in [2.05, 4.69) is 6.92 Å². The summed E-state index contributed by atoms with van der Waals surface area (Å²) < 4.78 is 21.1. The molecule has 0 bridgehead atoms. The van der Waals surface area contributed by atoms with Gasteiger partial charge in [-0.1, -0.05) is 76.8 Å². The first-order valence-electron chi connectivity index (χ1n) is 13.6. The van der Waals surface area contributed by atoms with E-state index in [1.54, 1.807) is 38.1 Å². The molecular weight excluding hydrogens is 460 g/mol. The van der Waals surface area contributed by atoms with Crippen LogP contribution in [0, 0.1) is 0 Å². The van der Waals surface area contributed by atoms with Crippen molar-refractivity contribution >= 4 is 18.0 Å². The van der Waals surface area contributed by atoms with Crippen LogP contribution in [-0.2, 0) is 23.8 Å². The van der Waals surface area contributed by atoms with Crippen molar-refractivity contribution in [3.05, 3.63) is 35.4 Å². The van der Waals surface area contributed by atoms with E-state index in [1.807, 2.05) is 0 Å². The quantitative estimate of drug-likeness (QED) is 0.0732. The third-order valence-corrected chi connectivity index (χ3v) is 5.58. The second-order valence-corrected chi connectivity index (χ2v) is 8.79. The van der Waals surface area contributed by atoms with E-state index in [-0.39, 0.29) is 32.0 Å². The van der Waals surface area contributed by atoms with Crippen LogP contribution in [0.25, 0.3) is 6.08 Å². The number of hydrogen-bond acceptors (Lipinski definition) is 7. The van der Waals surface area contributed by atoms with Crippen molar-refractivity contribution in [1.82, 2.24) is 0 Å². The molecule has 1 aromatic rings. The first-order valence-corrected chi connectivity index (χ1v) is 13.6. The number of carbonyl (C=O) groups is 2. The molecule has 0 saturated carbocycles. The number of aliphatic hydroxyl groups is 1. The second kappa shape index (κ2) is 20.8. The zero-order valence-corrected chi connectivity index (χ0v) is 22.5. The van der Waals surface area contributed by atoms with E-state index in [9.17, 15) is 14.7 Å². The first kappa shape index (κ1) is 31.6. The Morgan fingerprint density at radius 3 is 1.83 bits per heavy atom. The molecule has 0 heterocycles. The molecule has 0 aliphatic carbocycles. The number of hydrogen-bond donors (Lipinski definition) is 1. The van der Waals surface area contributed by atoms with Crippen LogP contribution < -0.4 is 4.74 Å². The van der Waals surface area contributed by atoms with E-state index in [0.717, 1.165) is 12.8 Å². The number of benzene rings is 1. The van der Waals surface area contributed by atoms with Gasteiger partial charge in [-0.3, -0.25) is 0 Å². The monoisotopic (exact) mass is 506 g/mol. The minimum atomic E-state index is -0.725. The van der Waals surface area contributed by atoms with Crippen molar-refractivity contribution < 1.29 is 33.6 Å². The van der Waals surface area contributed by atoms with Gasteiger partial charge in [-0.2, -0.15) is 0 Å². The highest BCUT2D eigenvalue weighted by Crippen LogP contribution is 2.16. The van der Waals surface area contributed by atoms with E-state index < -0.39 is 18.0 Å². The summed E-state index contributed by atoms with van der Waals surface area (Å²) in [5, 5.41) is 10.1. The molecule has 0 saturated heterocycles. The maximum atomic E-state index is 12.1. The lowest BCUT2D eigenvalue weighted by atomic mass is 10.1. The van der Waals surface area contributed by atoms with E-state index >= 15 is 0 Å². The molecule has 7 heteroatoms. The molecule has 0 radical (unpaired) electrons. The van der Waals surface area contributed by atoms with Gasteiger partial charge in [0.05, 0.1) is 19.8 Å². The summed E-state index contributed by atoms with van der Waals surface area (Å²) in [4.78, 5) is 24.2. The Morgan fingerprint density at radius 2 is 1.31 bits per heavy atom. The van der Waals surface area contributed by atoms with Gasteiger partial charge in [-0.25, -0.2) is 9.59 Å². The van der Waals surface area contributed by atoms with Crippen LogP contribution in [0.5, 0.6) is 5.75 Å². The van der Waals surface area contributed by atoms with Gasteiger partial charge in [0.2, 0.25) is 0 Å². The van der Waals surface area contributed by atoms with Crippen LogP contribution in [0.3, 0.4) is 0 Å². The van der Waals surface area contributed by atoms with Crippen molar-refractivity contribution in [3.8, 4) is 5.75 Å². The van der Waals surface area contributed by atoms with Crippen LogP contribution >= 0.6 is 0 Å². The van der Waals surface area contributed by atoms with Gasteiger partial charge < -0.3 is 24.1 Å². The lowest BCUT2D eigenvalue weighted by molar-refractivity contribution is -0.146. The topological polar surface area (TPSA) is 91.3 Å². The molecule has 36 heavy (non-hydrogen) atoms. The zero-order valence-electron chi connectivity index (χ0n) is 22.5. The molecule has 0 aromatic heterocycles. The van der Waals surface area contributed by atoms with Crippen LogP contribution in [0.15, 0.2) is 29.8 Å². The summed E-state index contributed by atoms with van der Waals surface area (Å²) in [6, 6.07) is 6.83. The van der Waals surface area contributed by atoms with E-state index in [0.29, 0.717) is 17.9 Å². The molecule has 1 unspecified atom stereocenters. The largest absolute Gasteiger partial charge is 0.491 e. The molecule has 0 aliphatic heterocycles. The summed E-state index contributed by atoms with van der Waals surface area (Å²) in [7, 11) is 0. The summed E-state index contributed by atoms with van der Waals surface area (Å²) in [6.07, 6.45) is 13.5. The smallest absolute Gasteiger partial charge is 0.345 e. The van der Waals surface area contributed by atoms with Crippen molar-refractivity contribution in [2.75, 3.05) is 33.0 Å². The first-order chi connectivity index (χ1) is 17.5. The maximum absolute atomic E-state index is 12.1. The fourth-order valence-electron chi connectivity index (χ4n) is 3.60. The predicted molar refractivity (Wildman–Crippen MR) is 142 cm³/mol. The van der Waals surface area contributed by atoms with E-state index in [1.165, 1.54) is 57.4 Å². The standard InChI is InChI=1S/C29H46O7/c1-4-7-8-9-10-11-12-13-14-15-20-33-22-25(30)23-36-26-18-16-24(17-19-26)21-27(28(31)34-5-2)29(32)35-6-3/h16-19,21,25,30H,4-15,20,22-23H2,1-3H3. The minimum Gasteiger partial charge on any atom is -0.491 e. The summed E-state index contributed by atoms with van der Waals surface area (Å²) in [6.45, 7) is 6.91. The van der Waals surface area contributed by atoms with Gasteiger partial charge >= 0.3 is 11.9 Å². The SMILES string of the molecule is CCCCCCCCCCCCOCC(O)COc1ccc(C=C(C(=O)OCC)C(=O)OCC)cc1. The Balaban J connectivity index is 2.27. The van der Waals surface area contributed by atoms with Crippen molar-refractivity contribution in [2.24, 2.45) is 0 Å². The zero-order chi connectivity index (χ0) is 26.4. The molecule has 204 valence electrons. The van der Waals surface area contributed by atoms with Crippen LogP contribution in [0.1, 0.15) is 90.5 Å². The lowest BCUT2D eigenvalue weighted by Crippen LogP contribution is -2.23. The molecule has 0 amide bonds. The Morgan fingerprint density at radius 1 is 0.778 bits per heavy atom. The van der Waals surface area contributed by atoms with Crippen LogP contribution in [-0.4, -0.2) is 56.2 Å². The normalized spacial score (nSPS) is 11.6. The summed E-state index contributed by atoms with van der Waals surface area (Å²) >= 11 is 0. The van der Waals surface area contributed by atoms with Gasteiger partial charge in [-0.05, 0) is 44.0 Å². The minimum absolute atomic E-state index is 0.115. The third kappa shape index (κ3) is 14.9. The fraction of sp³-hybridized carbons (Fsp3) is 0.655. The van der Waals surface area contributed by atoms with Crippen LogP contribution in [0.2, 0.25) is 0 Å². The van der Waals surface area contributed by atoms with Crippen molar-refractivity contribution in [3.63, 3.8) is 0 Å². The number of aliphatic hydroxyl groups excluding tert-OH is 1. The van der Waals surface area contributed by atoms with Crippen molar-refractivity contribution in [1.29, 1.82) is 0 Å². The molecule has 1 rings (SSSR count). The highest BCUT2D eigenvalue weighted by molar-refractivity contribution is 6.17. The van der Waals surface area contributed by atoms with Gasteiger partial charge in [0.25, 0.3) is 0 Å². The molecule has 1 aromatic carbocycles. The van der Waals surface area contributed by atoms with Gasteiger partial charge in [0.15, 0.2) is 0 Å². The fourth-order valence-corrected chi connectivity index (χ4v) is 3.60. The highest BCUT2D eigenvalue weighted by Gasteiger charge is 2.20. The number of carbonyl (C=O) groups excluding carboxylic acids is 2. The average molecular weight is 507 g/mol. The summed E-state index contributed by atoms with van der Waals surface area (Å²) in [5.74, 6) is -0.885. The molecule has 1 N–H and O–H groups in total. The Labute approximate surface area is 217 Å². The second-order valence-electron chi connectivity index (χ2n) is 8.79. The van der Waals surface area contributed by atoms with E-state index in [4.69, 9.17) is 18.9 Å². The van der Waals surface area contributed by atoms with Gasteiger partial charge in [0.1, 0.15) is 24.0 Å².